The summed E-state index contributed by atoms with van der Waals surface area (Å²) < 4.78 is 0. The standard InChI is InChI=1S/C11H15N3O3/c1-2-3-13-10(16)7-14-11(17)8-4-9(15)6-12-5-8/h4-6,15H,2-3,7H2,1H3,(H,13,16)(H,14,17). The Labute approximate surface area is 99.1 Å². The van der Waals surface area contributed by atoms with Gasteiger partial charge in [0.2, 0.25) is 5.91 Å². The van der Waals surface area contributed by atoms with Crippen molar-refractivity contribution in [2.45, 2.75) is 13.3 Å². The fourth-order valence-corrected chi connectivity index (χ4v) is 1.14. The summed E-state index contributed by atoms with van der Waals surface area (Å²) >= 11 is 0. The summed E-state index contributed by atoms with van der Waals surface area (Å²) in [5, 5.41) is 14.2. The Morgan fingerprint density at radius 1 is 1.35 bits per heavy atom. The van der Waals surface area contributed by atoms with E-state index in [1.807, 2.05) is 6.92 Å². The minimum atomic E-state index is -0.444. The topological polar surface area (TPSA) is 91.3 Å². The lowest BCUT2D eigenvalue weighted by Crippen LogP contribution is -2.37. The Bertz CT molecular complexity index is 407. The average molecular weight is 237 g/mol. The molecule has 0 aromatic carbocycles. The zero-order chi connectivity index (χ0) is 12.7. The molecule has 1 aromatic rings. The van der Waals surface area contributed by atoms with E-state index in [1.165, 1.54) is 18.5 Å². The van der Waals surface area contributed by atoms with E-state index in [2.05, 4.69) is 15.6 Å². The van der Waals surface area contributed by atoms with Crippen LogP contribution >= 0.6 is 0 Å². The number of pyridine rings is 1. The Morgan fingerprint density at radius 2 is 2.12 bits per heavy atom. The van der Waals surface area contributed by atoms with E-state index in [1.54, 1.807) is 0 Å². The number of nitrogens with one attached hydrogen (secondary N) is 2. The van der Waals surface area contributed by atoms with Crippen molar-refractivity contribution in [2.24, 2.45) is 0 Å². The number of rotatable bonds is 5. The molecule has 0 spiro atoms. The largest absolute Gasteiger partial charge is 0.506 e. The highest BCUT2D eigenvalue weighted by Gasteiger charge is 2.08. The van der Waals surface area contributed by atoms with Gasteiger partial charge in [-0.3, -0.25) is 14.6 Å². The summed E-state index contributed by atoms with van der Waals surface area (Å²) in [5.74, 6) is -0.776. The van der Waals surface area contributed by atoms with Crippen molar-refractivity contribution in [2.75, 3.05) is 13.1 Å². The molecule has 1 rings (SSSR count). The third-order valence-electron chi connectivity index (χ3n) is 1.97. The molecule has 0 aliphatic rings. The number of nitrogens with zero attached hydrogens (tertiary/aromatic N) is 1. The van der Waals surface area contributed by atoms with Crippen molar-refractivity contribution in [1.82, 2.24) is 15.6 Å². The molecule has 92 valence electrons. The summed E-state index contributed by atoms with van der Waals surface area (Å²) in [6.07, 6.45) is 3.39. The van der Waals surface area contributed by atoms with Crippen LogP contribution in [0.25, 0.3) is 0 Å². The van der Waals surface area contributed by atoms with Crippen molar-refractivity contribution in [3.63, 3.8) is 0 Å². The second kappa shape index (κ2) is 6.47. The number of carbonyl (C=O) groups excluding carboxylic acids is 2. The van der Waals surface area contributed by atoms with Crippen LogP contribution in [-0.2, 0) is 4.79 Å². The lowest BCUT2D eigenvalue weighted by Gasteiger charge is -2.05. The number of aromatic nitrogens is 1. The van der Waals surface area contributed by atoms with Gasteiger partial charge in [0.15, 0.2) is 0 Å². The highest BCUT2D eigenvalue weighted by molar-refractivity contribution is 5.96. The minimum Gasteiger partial charge on any atom is -0.506 e. The Kier molecular flexibility index (Phi) is 4.93. The van der Waals surface area contributed by atoms with E-state index in [0.29, 0.717) is 6.54 Å². The van der Waals surface area contributed by atoms with Crippen LogP contribution in [0.2, 0.25) is 0 Å². The molecule has 1 heterocycles. The monoisotopic (exact) mass is 237 g/mol. The second-order valence-electron chi connectivity index (χ2n) is 3.46. The van der Waals surface area contributed by atoms with Gasteiger partial charge < -0.3 is 15.7 Å². The van der Waals surface area contributed by atoms with Crippen LogP contribution in [-0.4, -0.2) is 35.0 Å². The van der Waals surface area contributed by atoms with Gasteiger partial charge in [-0.15, -0.1) is 0 Å². The molecule has 0 aliphatic heterocycles. The molecular formula is C11H15N3O3. The van der Waals surface area contributed by atoms with E-state index >= 15 is 0 Å². The smallest absolute Gasteiger partial charge is 0.253 e. The zero-order valence-corrected chi connectivity index (χ0v) is 9.56. The van der Waals surface area contributed by atoms with Crippen molar-refractivity contribution >= 4 is 11.8 Å². The molecule has 0 aliphatic carbocycles. The number of hydrogen-bond donors (Lipinski definition) is 3. The number of hydrogen-bond acceptors (Lipinski definition) is 4. The first kappa shape index (κ1) is 13.0. The van der Waals surface area contributed by atoms with Gasteiger partial charge in [0.25, 0.3) is 5.91 Å². The fourth-order valence-electron chi connectivity index (χ4n) is 1.14. The predicted octanol–water partition coefficient (Wildman–Crippen LogP) is 0.0432. The third-order valence-corrected chi connectivity index (χ3v) is 1.97. The molecule has 17 heavy (non-hydrogen) atoms. The maximum atomic E-state index is 11.5. The molecule has 0 unspecified atom stereocenters. The maximum Gasteiger partial charge on any atom is 0.253 e. The summed E-state index contributed by atoms with van der Waals surface area (Å²) in [4.78, 5) is 26.4. The Hall–Kier alpha value is -2.11. The molecule has 1 aromatic heterocycles. The number of amides is 2. The first-order valence-electron chi connectivity index (χ1n) is 5.32. The van der Waals surface area contributed by atoms with Crippen LogP contribution in [0.4, 0.5) is 0 Å². The van der Waals surface area contributed by atoms with Crippen LogP contribution in [0.3, 0.4) is 0 Å². The highest BCUT2D eigenvalue weighted by Crippen LogP contribution is 2.07. The van der Waals surface area contributed by atoms with Gasteiger partial charge in [0.1, 0.15) is 5.75 Å². The van der Waals surface area contributed by atoms with Gasteiger partial charge in [0, 0.05) is 12.7 Å². The van der Waals surface area contributed by atoms with Crippen molar-refractivity contribution < 1.29 is 14.7 Å². The van der Waals surface area contributed by atoms with E-state index in [-0.39, 0.29) is 23.8 Å². The average Bonchev–Trinajstić information content (AvgIpc) is 2.33. The first-order valence-corrected chi connectivity index (χ1v) is 5.32. The van der Waals surface area contributed by atoms with Gasteiger partial charge in [-0.2, -0.15) is 0 Å². The number of carbonyl (C=O) groups is 2. The highest BCUT2D eigenvalue weighted by atomic mass is 16.3. The van der Waals surface area contributed by atoms with Gasteiger partial charge in [-0.1, -0.05) is 6.92 Å². The van der Waals surface area contributed by atoms with E-state index in [4.69, 9.17) is 5.11 Å². The molecule has 6 nitrogen and oxygen atoms in total. The minimum absolute atomic E-state index is 0.0888. The lowest BCUT2D eigenvalue weighted by atomic mass is 10.2. The lowest BCUT2D eigenvalue weighted by molar-refractivity contribution is -0.120. The molecule has 0 radical (unpaired) electrons. The van der Waals surface area contributed by atoms with Crippen molar-refractivity contribution in [3.05, 3.63) is 24.0 Å². The second-order valence-corrected chi connectivity index (χ2v) is 3.46. The Balaban J connectivity index is 2.42. The molecule has 0 saturated carbocycles. The van der Waals surface area contributed by atoms with Crippen molar-refractivity contribution in [3.8, 4) is 5.75 Å². The molecular weight excluding hydrogens is 222 g/mol. The van der Waals surface area contributed by atoms with Gasteiger partial charge in [-0.05, 0) is 12.5 Å². The van der Waals surface area contributed by atoms with Crippen molar-refractivity contribution in [1.29, 1.82) is 0 Å². The van der Waals surface area contributed by atoms with Crippen LogP contribution in [0, 0.1) is 0 Å². The first-order chi connectivity index (χ1) is 8.13. The fraction of sp³-hybridized carbons (Fsp3) is 0.364. The number of aromatic hydroxyl groups is 1. The van der Waals surface area contributed by atoms with Gasteiger partial charge in [0.05, 0.1) is 18.3 Å². The van der Waals surface area contributed by atoms with Crippen LogP contribution in [0.5, 0.6) is 5.75 Å². The van der Waals surface area contributed by atoms with E-state index < -0.39 is 5.91 Å². The van der Waals surface area contributed by atoms with Crippen LogP contribution in [0.15, 0.2) is 18.5 Å². The predicted molar refractivity (Wildman–Crippen MR) is 61.5 cm³/mol. The summed E-state index contributed by atoms with van der Waals surface area (Å²) in [5.41, 5.74) is 0.216. The zero-order valence-electron chi connectivity index (χ0n) is 9.56. The maximum absolute atomic E-state index is 11.5. The van der Waals surface area contributed by atoms with Crippen LogP contribution in [0.1, 0.15) is 23.7 Å². The molecule has 0 bridgehead atoms. The molecule has 2 amide bonds. The molecule has 0 saturated heterocycles. The normalized spacial score (nSPS) is 9.71. The summed E-state index contributed by atoms with van der Waals surface area (Å²) in [6.45, 7) is 2.44. The van der Waals surface area contributed by atoms with Crippen LogP contribution < -0.4 is 10.6 Å². The molecule has 6 heteroatoms. The Morgan fingerprint density at radius 3 is 2.76 bits per heavy atom. The summed E-state index contributed by atoms with van der Waals surface area (Å²) in [6, 6.07) is 1.28. The SMILES string of the molecule is CCCNC(=O)CNC(=O)c1cncc(O)c1. The van der Waals surface area contributed by atoms with Gasteiger partial charge in [-0.25, -0.2) is 0 Å². The van der Waals surface area contributed by atoms with E-state index in [0.717, 1.165) is 6.42 Å². The molecule has 3 N–H and O–H groups in total. The quantitative estimate of drug-likeness (QED) is 0.674. The molecule has 0 atom stereocenters. The summed E-state index contributed by atoms with van der Waals surface area (Å²) in [7, 11) is 0. The van der Waals surface area contributed by atoms with Gasteiger partial charge >= 0.3 is 0 Å². The van der Waals surface area contributed by atoms with E-state index in [9.17, 15) is 9.59 Å². The molecule has 0 fully saturated rings. The third kappa shape index (κ3) is 4.50.